The minimum absolute atomic E-state index is 0.643. The molecule has 0 bridgehead atoms. The molecule has 0 saturated carbocycles. The molecule has 120 valence electrons. The first-order valence-corrected chi connectivity index (χ1v) is 8.80. The van der Waals surface area contributed by atoms with Crippen LogP contribution < -0.4 is 0 Å². The van der Waals surface area contributed by atoms with Crippen LogP contribution in [0, 0.1) is 0 Å². The van der Waals surface area contributed by atoms with Crippen molar-refractivity contribution >= 4 is 31.9 Å². The molecule has 0 atom stereocenters. The number of hydrogen-bond donors (Lipinski definition) is 0. The van der Waals surface area contributed by atoms with E-state index in [0.29, 0.717) is 0 Å². The molecule has 1 aromatic carbocycles. The lowest BCUT2D eigenvalue weighted by Gasteiger charge is -2.10. The normalized spacial score (nSPS) is 11.9. The maximum Gasteiger partial charge on any atom is 0.416 e. The summed E-state index contributed by atoms with van der Waals surface area (Å²) < 4.78 is 40.5. The van der Waals surface area contributed by atoms with Crippen LogP contribution in [0.2, 0.25) is 0 Å². The number of halogens is 5. The molecule has 0 amide bonds. The Hall–Kier alpha value is -0.820. The zero-order chi connectivity index (χ0) is 16.2. The highest BCUT2D eigenvalue weighted by Gasteiger charge is 2.30. The van der Waals surface area contributed by atoms with E-state index in [4.69, 9.17) is 0 Å². The summed E-state index contributed by atoms with van der Waals surface area (Å²) in [7, 11) is 0. The van der Waals surface area contributed by atoms with Gasteiger partial charge in [-0.3, -0.25) is 4.68 Å². The van der Waals surface area contributed by atoms with Crippen molar-refractivity contribution in [2.75, 3.05) is 5.33 Å². The van der Waals surface area contributed by atoms with E-state index < -0.39 is 11.7 Å². The minimum atomic E-state index is -4.31. The summed E-state index contributed by atoms with van der Waals surface area (Å²) in [5.41, 5.74) is 0.890. The third kappa shape index (κ3) is 4.35. The van der Waals surface area contributed by atoms with Crippen molar-refractivity contribution in [3.63, 3.8) is 0 Å². The molecule has 22 heavy (non-hydrogen) atoms. The molecule has 0 aliphatic heterocycles. The van der Waals surface area contributed by atoms with Crippen molar-refractivity contribution in [1.82, 2.24) is 9.78 Å². The molecule has 2 nitrogen and oxygen atoms in total. The summed E-state index contributed by atoms with van der Waals surface area (Å²) in [5.74, 6) is 0. The zero-order valence-electron chi connectivity index (χ0n) is 11.7. The Balaban J connectivity index is 2.19. The van der Waals surface area contributed by atoms with E-state index in [0.717, 1.165) is 59.0 Å². The van der Waals surface area contributed by atoms with Gasteiger partial charge in [-0.1, -0.05) is 34.5 Å². The van der Waals surface area contributed by atoms with Gasteiger partial charge in [0.15, 0.2) is 0 Å². The van der Waals surface area contributed by atoms with Crippen LogP contribution in [0.3, 0.4) is 0 Å². The highest BCUT2D eigenvalue weighted by atomic mass is 79.9. The van der Waals surface area contributed by atoms with Crippen LogP contribution in [-0.4, -0.2) is 15.1 Å². The Morgan fingerprint density at radius 3 is 2.32 bits per heavy atom. The fourth-order valence-corrected chi connectivity index (χ4v) is 3.09. The SMILES string of the molecule is FC(F)(F)c1ccc(-c2c(Br)cnn2CCCCCBr)cc1. The quantitative estimate of drug-likeness (QED) is 0.405. The lowest BCUT2D eigenvalue weighted by atomic mass is 10.1. The van der Waals surface area contributed by atoms with Crippen molar-refractivity contribution in [2.24, 2.45) is 0 Å². The van der Waals surface area contributed by atoms with E-state index >= 15 is 0 Å². The minimum Gasteiger partial charge on any atom is -0.264 e. The Bertz CT molecular complexity index is 606. The Morgan fingerprint density at radius 2 is 1.73 bits per heavy atom. The standard InChI is InChI=1S/C15H15Br2F3N2/c16-8-2-1-3-9-22-14(13(17)10-21-22)11-4-6-12(7-5-11)15(18,19)20/h4-7,10H,1-3,8-9H2. The van der Waals surface area contributed by atoms with Crippen LogP contribution in [0.5, 0.6) is 0 Å². The first-order chi connectivity index (χ1) is 10.4. The molecule has 1 aromatic heterocycles. The molecule has 2 aromatic rings. The predicted octanol–water partition coefficient (Wildman–Crippen LogP) is 5.90. The molecule has 0 aliphatic rings. The van der Waals surface area contributed by atoms with Crippen LogP contribution in [0.25, 0.3) is 11.3 Å². The van der Waals surface area contributed by atoms with Crippen LogP contribution in [0.15, 0.2) is 34.9 Å². The number of aryl methyl sites for hydroxylation is 1. The van der Waals surface area contributed by atoms with Gasteiger partial charge in [-0.05, 0) is 40.9 Å². The number of aromatic nitrogens is 2. The van der Waals surface area contributed by atoms with Crippen LogP contribution in [0.4, 0.5) is 13.2 Å². The van der Waals surface area contributed by atoms with E-state index in [2.05, 4.69) is 37.0 Å². The number of unbranched alkanes of at least 4 members (excludes halogenated alkanes) is 2. The van der Waals surface area contributed by atoms with Crippen molar-refractivity contribution in [3.8, 4) is 11.3 Å². The van der Waals surface area contributed by atoms with Gasteiger partial charge in [0.25, 0.3) is 0 Å². The third-order valence-electron chi connectivity index (χ3n) is 3.28. The number of nitrogens with zero attached hydrogens (tertiary/aromatic N) is 2. The number of alkyl halides is 4. The maximum absolute atomic E-state index is 12.6. The van der Waals surface area contributed by atoms with Gasteiger partial charge in [-0.2, -0.15) is 18.3 Å². The highest BCUT2D eigenvalue weighted by Crippen LogP contribution is 2.33. The highest BCUT2D eigenvalue weighted by molar-refractivity contribution is 9.10. The van der Waals surface area contributed by atoms with E-state index in [1.807, 2.05) is 4.68 Å². The second-order valence-corrected chi connectivity index (χ2v) is 6.54. The van der Waals surface area contributed by atoms with Gasteiger partial charge in [-0.25, -0.2) is 0 Å². The average molecular weight is 440 g/mol. The summed E-state index contributed by atoms with van der Waals surface area (Å²) in [6.07, 6.45) is 0.518. The van der Waals surface area contributed by atoms with Crippen LogP contribution in [0.1, 0.15) is 24.8 Å². The van der Waals surface area contributed by atoms with Crippen molar-refractivity contribution in [1.29, 1.82) is 0 Å². The molecule has 0 radical (unpaired) electrons. The number of hydrogen-bond acceptors (Lipinski definition) is 1. The maximum atomic E-state index is 12.6. The molecule has 0 saturated heterocycles. The van der Waals surface area contributed by atoms with Gasteiger partial charge in [0.05, 0.1) is 21.9 Å². The molecule has 0 N–H and O–H groups in total. The largest absolute Gasteiger partial charge is 0.416 e. The Labute approximate surface area is 144 Å². The Kier molecular flexibility index (Phi) is 6.09. The molecule has 7 heteroatoms. The first kappa shape index (κ1) is 17.5. The van der Waals surface area contributed by atoms with Crippen molar-refractivity contribution < 1.29 is 13.2 Å². The molecule has 2 rings (SSSR count). The summed E-state index contributed by atoms with van der Waals surface area (Å²) in [6, 6.07) is 5.17. The van der Waals surface area contributed by atoms with E-state index in [-0.39, 0.29) is 0 Å². The molecule has 0 spiro atoms. The molecule has 0 aliphatic carbocycles. The lowest BCUT2D eigenvalue weighted by Crippen LogP contribution is -2.05. The summed E-state index contributed by atoms with van der Waals surface area (Å²) in [5, 5.41) is 5.27. The second kappa shape index (κ2) is 7.64. The fourth-order valence-electron chi connectivity index (χ4n) is 2.17. The van der Waals surface area contributed by atoms with Crippen molar-refractivity contribution in [3.05, 3.63) is 40.5 Å². The van der Waals surface area contributed by atoms with E-state index in [1.165, 1.54) is 12.1 Å². The van der Waals surface area contributed by atoms with Crippen LogP contribution in [-0.2, 0) is 12.7 Å². The zero-order valence-corrected chi connectivity index (χ0v) is 14.9. The molecule has 0 unspecified atom stereocenters. The molecular formula is C15H15Br2F3N2. The molecule has 1 heterocycles. The fraction of sp³-hybridized carbons (Fsp3) is 0.400. The summed E-state index contributed by atoms with van der Waals surface area (Å²) in [4.78, 5) is 0. The number of rotatable bonds is 6. The topological polar surface area (TPSA) is 17.8 Å². The molecular weight excluding hydrogens is 425 g/mol. The smallest absolute Gasteiger partial charge is 0.264 e. The van der Waals surface area contributed by atoms with E-state index in [9.17, 15) is 13.2 Å². The lowest BCUT2D eigenvalue weighted by molar-refractivity contribution is -0.137. The predicted molar refractivity (Wildman–Crippen MR) is 88.0 cm³/mol. The van der Waals surface area contributed by atoms with Crippen molar-refractivity contribution in [2.45, 2.75) is 32.0 Å². The molecule has 0 fully saturated rings. The van der Waals surface area contributed by atoms with E-state index in [1.54, 1.807) is 6.20 Å². The summed E-state index contributed by atoms with van der Waals surface area (Å²) >= 11 is 6.81. The first-order valence-electron chi connectivity index (χ1n) is 6.88. The van der Waals surface area contributed by atoms with Gasteiger partial charge in [-0.15, -0.1) is 0 Å². The Morgan fingerprint density at radius 1 is 1.05 bits per heavy atom. The van der Waals surface area contributed by atoms with Crippen LogP contribution >= 0.6 is 31.9 Å². The third-order valence-corrected chi connectivity index (χ3v) is 4.43. The average Bonchev–Trinajstić information content (AvgIpc) is 2.84. The van der Waals surface area contributed by atoms with Gasteiger partial charge >= 0.3 is 6.18 Å². The van der Waals surface area contributed by atoms with Gasteiger partial charge in [0.2, 0.25) is 0 Å². The number of benzene rings is 1. The monoisotopic (exact) mass is 438 g/mol. The second-order valence-electron chi connectivity index (χ2n) is 4.89. The van der Waals surface area contributed by atoms with Gasteiger partial charge in [0.1, 0.15) is 0 Å². The van der Waals surface area contributed by atoms with Gasteiger partial charge in [0, 0.05) is 17.4 Å². The summed E-state index contributed by atoms with van der Waals surface area (Å²) in [6.45, 7) is 0.745. The van der Waals surface area contributed by atoms with Gasteiger partial charge < -0.3 is 0 Å².